The van der Waals surface area contributed by atoms with Gasteiger partial charge < -0.3 is 19.8 Å². The van der Waals surface area contributed by atoms with Gasteiger partial charge in [-0.05, 0) is 47.9 Å². The van der Waals surface area contributed by atoms with Gasteiger partial charge in [0, 0.05) is 36.3 Å². The zero-order valence-corrected chi connectivity index (χ0v) is 17.7. The van der Waals surface area contributed by atoms with Crippen LogP contribution in [0.1, 0.15) is 12.0 Å². The molecule has 7 heteroatoms. The minimum Gasteiger partial charge on any atom is -0.474 e. The molecule has 0 bridgehead atoms. The van der Waals surface area contributed by atoms with Crippen LogP contribution in [-0.4, -0.2) is 36.2 Å². The Morgan fingerprint density at radius 1 is 1.09 bits per heavy atom. The average Bonchev–Trinajstić information content (AvgIpc) is 3.17. The Bertz CT molecular complexity index is 1210. The summed E-state index contributed by atoms with van der Waals surface area (Å²) in [7, 11) is 1.59. The van der Waals surface area contributed by atoms with E-state index in [1.807, 2.05) is 30.3 Å². The number of carbonyl (C=O) groups is 1. The molecule has 0 saturated carbocycles. The largest absolute Gasteiger partial charge is 0.474 e. The number of halogens is 1. The fourth-order valence-electron chi connectivity index (χ4n) is 3.60. The van der Waals surface area contributed by atoms with Gasteiger partial charge in [-0.1, -0.05) is 30.3 Å². The van der Waals surface area contributed by atoms with E-state index in [0.717, 1.165) is 27.7 Å². The molecule has 0 fully saturated rings. The van der Waals surface area contributed by atoms with Crippen LogP contribution in [0.3, 0.4) is 0 Å². The molecular formula is C25H24FN3O3. The molecule has 2 heterocycles. The second-order valence-electron chi connectivity index (χ2n) is 7.28. The number of methoxy groups -OCH3 is 1. The van der Waals surface area contributed by atoms with Gasteiger partial charge in [0.15, 0.2) is 0 Å². The van der Waals surface area contributed by atoms with Gasteiger partial charge in [0.2, 0.25) is 11.8 Å². The van der Waals surface area contributed by atoms with Gasteiger partial charge in [0.05, 0.1) is 6.61 Å². The number of H-pyrrole nitrogens is 1. The highest BCUT2D eigenvalue weighted by atomic mass is 19.1. The molecule has 0 saturated heterocycles. The van der Waals surface area contributed by atoms with Crippen molar-refractivity contribution >= 4 is 22.5 Å². The molecule has 6 nitrogen and oxygen atoms in total. The van der Waals surface area contributed by atoms with E-state index in [1.54, 1.807) is 31.5 Å². The van der Waals surface area contributed by atoms with E-state index < -0.39 is 0 Å². The van der Waals surface area contributed by atoms with Crippen molar-refractivity contribution in [1.82, 2.24) is 9.97 Å². The van der Waals surface area contributed by atoms with Gasteiger partial charge in [-0.3, -0.25) is 4.79 Å². The van der Waals surface area contributed by atoms with Crippen LogP contribution in [0.25, 0.3) is 22.2 Å². The summed E-state index contributed by atoms with van der Waals surface area (Å²) in [5, 5.41) is 3.65. The number of pyridine rings is 1. The minimum absolute atomic E-state index is 0.181. The lowest BCUT2D eigenvalue weighted by molar-refractivity contribution is -0.116. The maximum Gasteiger partial charge on any atom is 0.237 e. The number of aromatic nitrogens is 2. The first-order chi connectivity index (χ1) is 15.7. The summed E-state index contributed by atoms with van der Waals surface area (Å²) in [6, 6.07) is 18.0. The molecule has 0 spiro atoms. The monoisotopic (exact) mass is 433 g/mol. The Balaban J connectivity index is 1.53. The SMILES string of the molecule is COCCOc1ncccc1NC(=O)CCc1c(-c2ccccc2)[nH]c2ccc(F)cc12. The third kappa shape index (κ3) is 4.95. The van der Waals surface area contributed by atoms with Crippen LogP contribution in [0, 0.1) is 5.82 Å². The Labute approximate surface area is 185 Å². The van der Waals surface area contributed by atoms with E-state index in [1.165, 1.54) is 12.1 Å². The molecule has 2 aromatic heterocycles. The summed E-state index contributed by atoms with van der Waals surface area (Å²) >= 11 is 0. The molecular weight excluding hydrogens is 409 g/mol. The summed E-state index contributed by atoms with van der Waals surface area (Å²) in [5.41, 5.74) is 4.12. The number of aromatic amines is 1. The smallest absolute Gasteiger partial charge is 0.237 e. The van der Waals surface area contributed by atoms with Crippen molar-refractivity contribution in [3.8, 4) is 17.1 Å². The van der Waals surface area contributed by atoms with Crippen molar-refractivity contribution in [2.24, 2.45) is 0 Å². The highest BCUT2D eigenvalue weighted by Gasteiger charge is 2.16. The third-order valence-electron chi connectivity index (χ3n) is 5.10. The van der Waals surface area contributed by atoms with Crippen LogP contribution in [0.15, 0.2) is 66.9 Å². The van der Waals surface area contributed by atoms with Gasteiger partial charge in [-0.15, -0.1) is 0 Å². The molecule has 2 aromatic carbocycles. The lowest BCUT2D eigenvalue weighted by Crippen LogP contribution is -2.15. The molecule has 1 amide bonds. The number of aryl methyl sites for hydroxylation is 1. The topological polar surface area (TPSA) is 76.2 Å². The van der Waals surface area contributed by atoms with Gasteiger partial charge in [0.25, 0.3) is 0 Å². The van der Waals surface area contributed by atoms with E-state index in [2.05, 4.69) is 15.3 Å². The van der Waals surface area contributed by atoms with E-state index in [4.69, 9.17) is 9.47 Å². The van der Waals surface area contributed by atoms with Crippen LogP contribution < -0.4 is 10.1 Å². The summed E-state index contributed by atoms with van der Waals surface area (Å²) in [4.78, 5) is 20.3. The standard InChI is InChI=1S/C25H24FN3O3/c1-31-14-15-32-25-22(8-5-13-27-25)28-23(30)12-10-19-20-16-18(26)9-11-21(20)29-24(19)17-6-3-2-4-7-17/h2-9,11,13,16,29H,10,12,14-15H2,1H3,(H,28,30). The molecule has 2 N–H and O–H groups in total. The number of benzene rings is 2. The number of hydrogen-bond donors (Lipinski definition) is 2. The Kier molecular flexibility index (Phi) is 6.77. The van der Waals surface area contributed by atoms with Crippen LogP contribution in [0.4, 0.5) is 10.1 Å². The first-order valence-corrected chi connectivity index (χ1v) is 10.4. The van der Waals surface area contributed by atoms with Crippen LogP contribution in [0.5, 0.6) is 5.88 Å². The molecule has 0 radical (unpaired) electrons. The van der Waals surface area contributed by atoms with Crippen molar-refractivity contribution in [3.63, 3.8) is 0 Å². The summed E-state index contributed by atoms with van der Waals surface area (Å²) in [6.45, 7) is 0.751. The number of amides is 1. The molecule has 32 heavy (non-hydrogen) atoms. The quantitative estimate of drug-likeness (QED) is 0.366. The summed E-state index contributed by atoms with van der Waals surface area (Å²) in [5.74, 6) is -0.147. The first kappa shape index (κ1) is 21.5. The van der Waals surface area contributed by atoms with Gasteiger partial charge >= 0.3 is 0 Å². The molecule has 164 valence electrons. The van der Waals surface area contributed by atoms with E-state index in [0.29, 0.717) is 31.2 Å². The second-order valence-corrected chi connectivity index (χ2v) is 7.28. The fraction of sp³-hybridized carbons (Fsp3) is 0.200. The third-order valence-corrected chi connectivity index (χ3v) is 5.10. The van der Waals surface area contributed by atoms with E-state index in [-0.39, 0.29) is 18.1 Å². The van der Waals surface area contributed by atoms with Crippen LogP contribution in [-0.2, 0) is 16.0 Å². The lowest BCUT2D eigenvalue weighted by Gasteiger charge is -2.11. The first-order valence-electron chi connectivity index (χ1n) is 10.4. The highest BCUT2D eigenvalue weighted by molar-refractivity contribution is 5.94. The van der Waals surface area contributed by atoms with Gasteiger partial charge in [-0.25, -0.2) is 9.37 Å². The predicted octanol–water partition coefficient (Wildman–Crippen LogP) is 4.97. The van der Waals surface area contributed by atoms with Crippen molar-refractivity contribution in [2.75, 3.05) is 25.6 Å². The van der Waals surface area contributed by atoms with Crippen molar-refractivity contribution in [1.29, 1.82) is 0 Å². The zero-order chi connectivity index (χ0) is 22.3. The maximum absolute atomic E-state index is 14.0. The van der Waals surface area contributed by atoms with E-state index >= 15 is 0 Å². The summed E-state index contributed by atoms with van der Waals surface area (Å²) < 4.78 is 24.5. The number of fused-ring (bicyclic) bond motifs is 1. The Morgan fingerprint density at radius 2 is 1.94 bits per heavy atom. The molecule has 0 unspecified atom stereocenters. The lowest BCUT2D eigenvalue weighted by atomic mass is 10.0. The van der Waals surface area contributed by atoms with Crippen molar-refractivity contribution in [2.45, 2.75) is 12.8 Å². The number of anilines is 1. The molecule has 0 aliphatic carbocycles. The molecule has 0 aliphatic heterocycles. The fourth-order valence-corrected chi connectivity index (χ4v) is 3.60. The summed E-state index contributed by atoms with van der Waals surface area (Å²) in [6.07, 6.45) is 2.26. The van der Waals surface area contributed by atoms with Crippen molar-refractivity contribution < 1.29 is 18.7 Å². The Morgan fingerprint density at radius 3 is 2.75 bits per heavy atom. The van der Waals surface area contributed by atoms with Crippen LogP contribution in [0.2, 0.25) is 0 Å². The molecule has 0 atom stereocenters. The Hall–Kier alpha value is -3.71. The number of ether oxygens (including phenoxy) is 2. The number of hydrogen-bond acceptors (Lipinski definition) is 4. The van der Waals surface area contributed by atoms with Crippen molar-refractivity contribution in [3.05, 3.63) is 78.2 Å². The maximum atomic E-state index is 14.0. The normalized spacial score (nSPS) is 10.9. The highest BCUT2D eigenvalue weighted by Crippen LogP contribution is 2.32. The van der Waals surface area contributed by atoms with Gasteiger partial charge in [0.1, 0.15) is 18.1 Å². The molecule has 4 aromatic rings. The zero-order valence-electron chi connectivity index (χ0n) is 17.7. The predicted molar refractivity (Wildman–Crippen MR) is 122 cm³/mol. The number of carbonyl (C=O) groups excluding carboxylic acids is 1. The van der Waals surface area contributed by atoms with E-state index in [9.17, 15) is 9.18 Å². The number of rotatable bonds is 9. The van der Waals surface area contributed by atoms with Crippen LogP contribution >= 0.6 is 0 Å². The second kappa shape index (κ2) is 10.1. The van der Waals surface area contributed by atoms with Gasteiger partial charge in [-0.2, -0.15) is 0 Å². The number of nitrogens with one attached hydrogen (secondary N) is 2. The molecule has 4 rings (SSSR count). The average molecular weight is 433 g/mol. The molecule has 0 aliphatic rings. The minimum atomic E-state index is -0.310. The number of nitrogens with zero attached hydrogens (tertiary/aromatic N) is 1.